The first-order chi connectivity index (χ1) is 10.7. The molecule has 0 aliphatic carbocycles. The summed E-state index contributed by atoms with van der Waals surface area (Å²) in [6, 6.07) is 15.2. The molecule has 1 atom stereocenters. The van der Waals surface area contributed by atoms with Crippen molar-refractivity contribution < 1.29 is 19.0 Å². The molecule has 0 saturated heterocycles. The van der Waals surface area contributed by atoms with Crippen molar-refractivity contribution in [2.75, 3.05) is 26.3 Å². The lowest BCUT2D eigenvalue weighted by Crippen LogP contribution is -2.33. The second-order valence-corrected chi connectivity index (χ2v) is 4.78. The number of rotatable bonds is 9. The number of hydrogen-bond donors (Lipinski definition) is 2. The largest absolute Gasteiger partial charge is 0.492 e. The fourth-order valence-corrected chi connectivity index (χ4v) is 1.81. The highest BCUT2D eigenvalue weighted by Gasteiger charge is 2.04. The fourth-order valence-electron chi connectivity index (χ4n) is 1.81. The summed E-state index contributed by atoms with van der Waals surface area (Å²) in [7, 11) is 0. The van der Waals surface area contributed by atoms with Crippen molar-refractivity contribution in [3.8, 4) is 11.5 Å². The van der Waals surface area contributed by atoms with E-state index < -0.39 is 6.10 Å². The van der Waals surface area contributed by atoms with Gasteiger partial charge in [-0.25, -0.2) is 4.39 Å². The molecule has 0 spiro atoms. The molecule has 2 aromatic carbocycles. The molecule has 4 nitrogen and oxygen atoms in total. The van der Waals surface area contributed by atoms with E-state index in [1.54, 1.807) is 12.1 Å². The predicted molar refractivity (Wildman–Crippen MR) is 82.7 cm³/mol. The monoisotopic (exact) mass is 305 g/mol. The van der Waals surface area contributed by atoms with Crippen LogP contribution in [0, 0.1) is 5.82 Å². The van der Waals surface area contributed by atoms with Crippen LogP contribution in [0.25, 0.3) is 0 Å². The van der Waals surface area contributed by atoms with Crippen molar-refractivity contribution >= 4 is 0 Å². The summed E-state index contributed by atoms with van der Waals surface area (Å²) < 4.78 is 23.6. The molecule has 0 heterocycles. The molecule has 2 rings (SSSR count). The molecule has 0 aliphatic heterocycles. The van der Waals surface area contributed by atoms with E-state index in [4.69, 9.17) is 9.47 Å². The lowest BCUT2D eigenvalue weighted by Gasteiger charge is -2.13. The van der Waals surface area contributed by atoms with Gasteiger partial charge in [-0.05, 0) is 36.4 Å². The van der Waals surface area contributed by atoms with Crippen LogP contribution in [-0.4, -0.2) is 37.5 Å². The molecule has 0 radical (unpaired) electrons. The number of hydrogen-bond acceptors (Lipinski definition) is 4. The molecular weight excluding hydrogens is 285 g/mol. The number of para-hydroxylation sites is 1. The van der Waals surface area contributed by atoms with E-state index in [2.05, 4.69) is 5.32 Å². The zero-order valence-electron chi connectivity index (χ0n) is 12.2. The van der Waals surface area contributed by atoms with E-state index >= 15 is 0 Å². The molecule has 0 aromatic heterocycles. The summed E-state index contributed by atoms with van der Waals surface area (Å²) >= 11 is 0. The minimum atomic E-state index is -0.592. The maximum atomic E-state index is 12.7. The summed E-state index contributed by atoms with van der Waals surface area (Å²) in [6.45, 7) is 1.67. The number of nitrogens with one attached hydrogen (secondary N) is 1. The van der Waals surface area contributed by atoms with Crippen LogP contribution in [-0.2, 0) is 0 Å². The Morgan fingerprint density at radius 2 is 1.64 bits per heavy atom. The van der Waals surface area contributed by atoms with Gasteiger partial charge in [0.25, 0.3) is 0 Å². The minimum absolute atomic E-state index is 0.232. The molecule has 5 heteroatoms. The van der Waals surface area contributed by atoms with E-state index in [-0.39, 0.29) is 12.4 Å². The second-order valence-electron chi connectivity index (χ2n) is 4.78. The number of benzene rings is 2. The Bertz CT molecular complexity index is 533. The molecule has 2 N–H and O–H groups in total. The number of aliphatic hydroxyl groups is 1. The summed E-state index contributed by atoms with van der Waals surface area (Å²) in [5.74, 6) is 1.07. The molecule has 0 unspecified atom stereocenters. The van der Waals surface area contributed by atoms with Gasteiger partial charge in [0.15, 0.2) is 0 Å². The Hall–Kier alpha value is -2.11. The molecule has 0 amide bonds. The van der Waals surface area contributed by atoms with Gasteiger partial charge in [0.1, 0.15) is 36.6 Å². The van der Waals surface area contributed by atoms with Gasteiger partial charge in [-0.15, -0.1) is 0 Å². The third-order valence-corrected chi connectivity index (χ3v) is 2.93. The number of halogens is 1. The highest BCUT2D eigenvalue weighted by atomic mass is 19.1. The fraction of sp³-hybridized carbons (Fsp3) is 0.294. The topological polar surface area (TPSA) is 50.7 Å². The first-order valence-corrected chi connectivity index (χ1v) is 7.19. The molecular formula is C17H20FNO3. The quantitative estimate of drug-likeness (QED) is 0.698. The first kappa shape index (κ1) is 16.3. The molecule has 118 valence electrons. The second kappa shape index (κ2) is 9.02. The van der Waals surface area contributed by atoms with Crippen molar-refractivity contribution in [1.29, 1.82) is 0 Å². The van der Waals surface area contributed by atoms with Crippen molar-refractivity contribution in [2.45, 2.75) is 6.10 Å². The Morgan fingerprint density at radius 1 is 0.955 bits per heavy atom. The van der Waals surface area contributed by atoms with Crippen LogP contribution in [0.2, 0.25) is 0 Å². The van der Waals surface area contributed by atoms with Crippen molar-refractivity contribution in [3.05, 3.63) is 60.4 Å². The molecule has 0 saturated carbocycles. The average Bonchev–Trinajstić information content (AvgIpc) is 2.55. The molecule has 0 bridgehead atoms. The predicted octanol–water partition coefficient (Wildman–Crippen LogP) is 2.23. The third kappa shape index (κ3) is 6.11. The van der Waals surface area contributed by atoms with Gasteiger partial charge in [0.2, 0.25) is 0 Å². The summed E-state index contributed by atoms with van der Waals surface area (Å²) in [4.78, 5) is 0. The maximum Gasteiger partial charge on any atom is 0.123 e. The minimum Gasteiger partial charge on any atom is -0.492 e. The summed E-state index contributed by atoms with van der Waals surface area (Å²) in [6.07, 6.45) is -0.592. The van der Waals surface area contributed by atoms with Crippen molar-refractivity contribution in [2.24, 2.45) is 0 Å². The van der Waals surface area contributed by atoms with Crippen LogP contribution in [0.3, 0.4) is 0 Å². The SMILES string of the molecule is O[C@H](CNCCOc1ccc(F)cc1)COc1ccccc1. The van der Waals surface area contributed by atoms with Crippen LogP contribution >= 0.6 is 0 Å². The van der Waals surface area contributed by atoms with E-state index in [1.165, 1.54) is 12.1 Å². The van der Waals surface area contributed by atoms with E-state index in [1.807, 2.05) is 30.3 Å². The van der Waals surface area contributed by atoms with Crippen LogP contribution in [0.15, 0.2) is 54.6 Å². The number of aliphatic hydroxyl groups excluding tert-OH is 1. The zero-order chi connectivity index (χ0) is 15.6. The average molecular weight is 305 g/mol. The molecule has 0 fully saturated rings. The van der Waals surface area contributed by atoms with E-state index in [0.717, 1.165) is 5.75 Å². The van der Waals surface area contributed by atoms with Gasteiger partial charge >= 0.3 is 0 Å². The van der Waals surface area contributed by atoms with Crippen LogP contribution in [0.4, 0.5) is 4.39 Å². The van der Waals surface area contributed by atoms with Gasteiger partial charge < -0.3 is 19.9 Å². The molecule has 2 aromatic rings. The van der Waals surface area contributed by atoms with Crippen molar-refractivity contribution in [1.82, 2.24) is 5.32 Å². The normalized spacial score (nSPS) is 11.9. The Morgan fingerprint density at radius 3 is 2.36 bits per heavy atom. The van der Waals surface area contributed by atoms with Gasteiger partial charge in [-0.3, -0.25) is 0 Å². The molecule has 0 aliphatic rings. The van der Waals surface area contributed by atoms with Crippen LogP contribution in [0.5, 0.6) is 11.5 Å². The molecule has 22 heavy (non-hydrogen) atoms. The van der Waals surface area contributed by atoms with E-state index in [0.29, 0.717) is 25.4 Å². The van der Waals surface area contributed by atoms with Crippen molar-refractivity contribution in [3.63, 3.8) is 0 Å². The summed E-state index contributed by atoms with van der Waals surface area (Å²) in [5, 5.41) is 12.9. The Kier molecular flexibility index (Phi) is 6.67. The maximum absolute atomic E-state index is 12.7. The standard InChI is InChI=1S/C17H20FNO3/c18-14-6-8-17(9-7-14)21-11-10-19-12-15(20)13-22-16-4-2-1-3-5-16/h1-9,15,19-20H,10-13H2/t15-/m1/s1. The number of ether oxygens (including phenoxy) is 2. The van der Waals surface area contributed by atoms with Gasteiger partial charge in [-0.1, -0.05) is 18.2 Å². The summed E-state index contributed by atoms with van der Waals surface area (Å²) in [5.41, 5.74) is 0. The van der Waals surface area contributed by atoms with Gasteiger partial charge in [0.05, 0.1) is 0 Å². The third-order valence-electron chi connectivity index (χ3n) is 2.93. The highest BCUT2D eigenvalue weighted by Crippen LogP contribution is 2.10. The lowest BCUT2D eigenvalue weighted by molar-refractivity contribution is 0.105. The zero-order valence-corrected chi connectivity index (χ0v) is 12.2. The van der Waals surface area contributed by atoms with Crippen LogP contribution < -0.4 is 14.8 Å². The smallest absolute Gasteiger partial charge is 0.123 e. The van der Waals surface area contributed by atoms with Gasteiger partial charge in [-0.2, -0.15) is 0 Å². The van der Waals surface area contributed by atoms with E-state index in [9.17, 15) is 9.50 Å². The lowest BCUT2D eigenvalue weighted by atomic mass is 10.3. The van der Waals surface area contributed by atoms with Crippen LogP contribution in [0.1, 0.15) is 0 Å². The Labute approximate surface area is 129 Å². The first-order valence-electron chi connectivity index (χ1n) is 7.19. The Balaban J connectivity index is 1.53. The highest BCUT2D eigenvalue weighted by molar-refractivity contribution is 5.22. The van der Waals surface area contributed by atoms with Gasteiger partial charge in [0, 0.05) is 13.1 Å².